The Balaban J connectivity index is 0.00000280. The maximum absolute atomic E-state index is 13.9. The number of hydrogen-bond acceptors (Lipinski definition) is 4. The standard InChI is InChI=1S/C20H26FN5O.HI/c1-14-9-15(11-17(10-14)27-3)12-24-20(22-2)25-16-6-8-26(13-16)19-18(21)5-4-7-23-19;/h4-5,7,9-11,16H,6,8,12-13H2,1-3H3,(H2,22,24,25);1H. The maximum atomic E-state index is 13.9. The summed E-state index contributed by atoms with van der Waals surface area (Å²) in [5, 5.41) is 6.75. The fourth-order valence-corrected chi connectivity index (χ4v) is 3.30. The van der Waals surface area contributed by atoms with E-state index in [-0.39, 0.29) is 35.8 Å². The smallest absolute Gasteiger partial charge is 0.191 e. The first-order chi connectivity index (χ1) is 13.1. The normalized spacial score (nSPS) is 16.5. The summed E-state index contributed by atoms with van der Waals surface area (Å²) in [5.41, 5.74) is 2.27. The lowest BCUT2D eigenvalue weighted by Crippen LogP contribution is -2.44. The second kappa shape index (κ2) is 10.4. The molecule has 6 nitrogen and oxygen atoms in total. The van der Waals surface area contributed by atoms with Gasteiger partial charge in [-0.15, -0.1) is 24.0 Å². The summed E-state index contributed by atoms with van der Waals surface area (Å²) in [6.07, 6.45) is 2.52. The van der Waals surface area contributed by atoms with E-state index in [1.54, 1.807) is 26.4 Å². The van der Waals surface area contributed by atoms with Gasteiger partial charge in [0, 0.05) is 38.9 Å². The Morgan fingerprint density at radius 2 is 2.21 bits per heavy atom. The van der Waals surface area contributed by atoms with Crippen molar-refractivity contribution in [3.8, 4) is 5.75 Å². The third kappa shape index (κ3) is 5.70. The molecule has 0 radical (unpaired) electrons. The molecule has 1 aromatic carbocycles. The van der Waals surface area contributed by atoms with Crippen molar-refractivity contribution < 1.29 is 9.13 Å². The van der Waals surface area contributed by atoms with Crippen molar-refractivity contribution in [1.29, 1.82) is 0 Å². The van der Waals surface area contributed by atoms with Crippen molar-refractivity contribution in [3.63, 3.8) is 0 Å². The van der Waals surface area contributed by atoms with Crippen LogP contribution in [0.15, 0.2) is 41.5 Å². The van der Waals surface area contributed by atoms with Crippen molar-refractivity contribution in [2.75, 3.05) is 32.1 Å². The van der Waals surface area contributed by atoms with Crippen LogP contribution in [0.25, 0.3) is 0 Å². The molecule has 1 fully saturated rings. The highest BCUT2D eigenvalue weighted by Crippen LogP contribution is 2.21. The molecule has 0 spiro atoms. The second-order valence-corrected chi connectivity index (χ2v) is 6.67. The lowest BCUT2D eigenvalue weighted by molar-refractivity contribution is 0.414. The number of aromatic nitrogens is 1. The van der Waals surface area contributed by atoms with E-state index in [4.69, 9.17) is 4.74 Å². The van der Waals surface area contributed by atoms with Gasteiger partial charge in [0.15, 0.2) is 17.6 Å². The van der Waals surface area contributed by atoms with Gasteiger partial charge in [-0.2, -0.15) is 0 Å². The number of aryl methyl sites for hydroxylation is 1. The Hall–Kier alpha value is -2.10. The second-order valence-electron chi connectivity index (χ2n) is 6.67. The number of halogens is 2. The number of rotatable bonds is 5. The van der Waals surface area contributed by atoms with Crippen LogP contribution in [-0.4, -0.2) is 44.2 Å². The first-order valence-electron chi connectivity index (χ1n) is 9.06. The summed E-state index contributed by atoms with van der Waals surface area (Å²) < 4.78 is 19.3. The van der Waals surface area contributed by atoms with Gasteiger partial charge < -0.3 is 20.3 Å². The lowest BCUT2D eigenvalue weighted by atomic mass is 10.1. The maximum Gasteiger partial charge on any atom is 0.191 e. The zero-order valence-electron chi connectivity index (χ0n) is 16.4. The minimum absolute atomic E-state index is 0. The molecule has 2 aromatic rings. The Kier molecular flexibility index (Phi) is 8.28. The number of hydrogen-bond donors (Lipinski definition) is 2. The van der Waals surface area contributed by atoms with Crippen molar-refractivity contribution in [2.45, 2.75) is 25.9 Å². The Bertz CT molecular complexity index is 817. The van der Waals surface area contributed by atoms with Gasteiger partial charge in [0.25, 0.3) is 0 Å². The van der Waals surface area contributed by atoms with Crippen LogP contribution < -0.4 is 20.3 Å². The molecule has 0 bridgehead atoms. The molecule has 1 aliphatic rings. The number of guanidine groups is 1. The van der Waals surface area contributed by atoms with Crippen molar-refractivity contribution in [1.82, 2.24) is 15.6 Å². The lowest BCUT2D eigenvalue weighted by Gasteiger charge is -2.20. The summed E-state index contributed by atoms with van der Waals surface area (Å²) in [6.45, 7) is 4.14. The fourth-order valence-electron chi connectivity index (χ4n) is 3.30. The van der Waals surface area contributed by atoms with Crippen LogP contribution in [0.4, 0.5) is 10.2 Å². The topological polar surface area (TPSA) is 61.8 Å². The highest BCUT2D eigenvalue weighted by Gasteiger charge is 2.25. The number of methoxy groups -OCH3 is 1. The number of ether oxygens (including phenoxy) is 1. The van der Waals surface area contributed by atoms with Gasteiger partial charge >= 0.3 is 0 Å². The summed E-state index contributed by atoms with van der Waals surface area (Å²) in [5.74, 6) is 1.70. The molecule has 1 saturated heterocycles. The highest BCUT2D eigenvalue weighted by atomic mass is 127. The molecule has 0 aliphatic carbocycles. The first-order valence-corrected chi connectivity index (χ1v) is 9.06. The molecular formula is C20H27FIN5O. The summed E-state index contributed by atoms with van der Waals surface area (Å²) in [4.78, 5) is 10.4. The van der Waals surface area contributed by atoms with Crippen LogP contribution in [0.5, 0.6) is 5.75 Å². The Morgan fingerprint density at radius 1 is 1.39 bits per heavy atom. The number of aliphatic imine (C=N–C) groups is 1. The van der Waals surface area contributed by atoms with Crippen LogP contribution in [-0.2, 0) is 6.54 Å². The molecule has 0 amide bonds. The summed E-state index contributed by atoms with van der Waals surface area (Å²) >= 11 is 0. The number of anilines is 1. The van der Waals surface area contributed by atoms with Crippen molar-refractivity contribution in [2.24, 2.45) is 4.99 Å². The van der Waals surface area contributed by atoms with Crippen LogP contribution in [0.1, 0.15) is 17.5 Å². The van der Waals surface area contributed by atoms with E-state index < -0.39 is 0 Å². The molecule has 1 unspecified atom stereocenters. The van der Waals surface area contributed by atoms with E-state index >= 15 is 0 Å². The fraction of sp³-hybridized carbons (Fsp3) is 0.400. The minimum atomic E-state index is -0.283. The van der Waals surface area contributed by atoms with Gasteiger partial charge in [-0.3, -0.25) is 4.99 Å². The van der Waals surface area contributed by atoms with Gasteiger partial charge in [-0.05, 0) is 48.7 Å². The van der Waals surface area contributed by atoms with Crippen LogP contribution >= 0.6 is 24.0 Å². The van der Waals surface area contributed by atoms with Crippen LogP contribution in [0.2, 0.25) is 0 Å². The molecule has 0 saturated carbocycles. The van der Waals surface area contributed by atoms with E-state index in [1.807, 2.05) is 24.0 Å². The summed E-state index contributed by atoms with van der Waals surface area (Å²) in [6, 6.07) is 9.36. The van der Waals surface area contributed by atoms with Crippen molar-refractivity contribution >= 4 is 35.8 Å². The molecule has 2 heterocycles. The van der Waals surface area contributed by atoms with Gasteiger partial charge in [-0.25, -0.2) is 9.37 Å². The first kappa shape index (κ1) is 22.2. The number of nitrogens with one attached hydrogen (secondary N) is 2. The van der Waals surface area contributed by atoms with Gasteiger partial charge in [0.1, 0.15) is 5.75 Å². The van der Waals surface area contributed by atoms with Crippen molar-refractivity contribution in [3.05, 3.63) is 53.5 Å². The zero-order chi connectivity index (χ0) is 19.2. The zero-order valence-corrected chi connectivity index (χ0v) is 18.7. The molecule has 1 atom stereocenters. The van der Waals surface area contributed by atoms with Gasteiger partial charge in [0.2, 0.25) is 0 Å². The molecule has 152 valence electrons. The SMILES string of the molecule is CN=C(NCc1cc(C)cc(OC)c1)NC1CCN(c2ncccc2F)C1.I. The quantitative estimate of drug-likeness (QED) is 0.376. The average molecular weight is 499 g/mol. The number of nitrogens with zero attached hydrogens (tertiary/aromatic N) is 3. The van der Waals surface area contributed by atoms with Gasteiger partial charge in [-0.1, -0.05) is 6.07 Å². The molecule has 2 N–H and O–H groups in total. The molecule has 1 aliphatic heterocycles. The number of pyridine rings is 1. The predicted molar refractivity (Wildman–Crippen MR) is 121 cm³/mol. The van der Waals surface area contributed by atoms with E-state index in [2.05, 4.69) is 26.7 Å². The Morgan fingerprint density at radius 3 is 2.93 bits per heavy atom. The molecule has 1 aromatic heterocycles. The van der Waals surface area contributed by atoms with E-state index in [1.165, 1.54) is 6.07 Å². The van der Waals surface area contributed by atoms with Gasteiger partial charge in [0.05, 0.1) is 7.11 Å². The van der Waals surface area contributed by atoms with E-state index in [0.717, 1.165) is 35.8 Å². The molecular weight excluding hydrogens is 472 g/mol. The monoisotopic (exact) mass is 499 g/mol. The van der Waals surface area contributed by atoms with Crippen LogP contribution in [0.3, 0.4) is 0 Å². The third-order valence-corrected chi connectivity index (χ3v) is 4.60. The van der Waals surface area contributed by atoms with E-state index in [9.17, 15) is 4.39 Å². The molecule has 28 heavy (non-hydrogen) atoms. The van der Waals surface area contributed by atoms with Crippen LogP contribution in [0, 0.1) is 12.7 Å². The minimum Gasteiger partial charge on any atom is -0.497 e. The molecule has 3 rings (SSSR count). The highest BCUT2D eigenvalue weighted by molar-refractivity contribution is 14.0. The Labute approximate surface area is 182 Å². The summed E-state index contributed by atoms with van der Waals surface area (Å²) in [7, 11) is 3.42. The largest absolute Gasteiger partial charge is 0.497 e. The third-order valence-electron chi connectivity index (χ3n) is 4.60. The van der Waals surface area contributed by atoms with E-state index in [0.29, 0.717) is 18.9 Å². The average Bonchev–Trinajstić information content (AvgIpc) is 3.13. The molecule has 8 heteroatoms. The number of benzene rings is 1. The predicted octanol–water partition coefficient (Wildman–Crippen LogP) is 3.10.